The van der Waals surface area contributed by atoms with Crippen LogP contribution in [0.2, 0.25) is 0 Å². The molecule has 0 unspecified atom stereocenters. The number of nitrogens with zero attached hydrogens (tertiary/aromatic N) is 1. The fraction of sp³-hybridized carbons (Fsp3) is 0.273. The van der Waals surface area contributed by atoms with Crippen LogP contribution in [-0.2, 0) is 16.0 Å². The highest BCUT2D eigenvalue weighted by Gasteiger charge is 2.20. The zero-order valence-electron chi connectivity index (χ0n) is 8.61. The molecule has 0 radical (unpaired) electrons. The molecule has 0 aliphatic rings. The van der Waals surface area contributed by atoms with Crippen LogP contribution in [0.15, 0.2) is 30.3 Å². The average Bonchev–Trinajstić information content (AvgIpc) is 2.29. The van der Waals surface area contributed by atoms with Crippen LogP contribution in [0.3, 0.4) is 0 Å². The molecule has 1 amide bonds. The first-order valence-corrected chi connectivity index (χ1v) is 4.81. The quantitative estimate of drug-likeness (QED) is 0.424. The van der Waals surface area contributed by atoms with Gasteiger partial charge in [-0.2, -0.15) is 0 Å². The van der Waals surface area contributed by atoms with E-state index in [9.17, 15) is 9.59 Å². The molecule has 86 valence electrons. The van der Waals surface area contributed by atoms with Crippen molar-refractivity contribution in [1.29, 1.82) is 0 Å². The second kappa shape index (κ2) is 5.87. The number of hydrogen-bond donors (Lipinski definition) is 2. The summed E-state index contributed by atoms with van der Waals surface area (Å²) in [6, 6.07) is 9.07. The Morgan fingerprint density at radius 2 is 2.00 bits per heavy atom. The molecule has 2 N–H and O–H groups in total. The summed E-state index contributed by atoms with van der Waals surface area (Å²) in [6.07, 6.45) is 0.474. The van der Waals surface area contributed by atoms with E-state index in [1.807, 2.05) is 18.2 Å². The molecular formula is C11H13NO4. The summed E-state index contributed by atoms with van der Waals surface area (Å²) in [5, 5.41) is 18.2. The van der Waals surface area contributed by atoms with Crippen LogP contribution in [0.1, 0.15) is 5.56 Å². The van der Waals surface area contributed by atoms with Crippen molar-refractivity contribution in [2.24, 2.45) is 5.92 Å². The number of carboxylic acid groups (broad SMARTS) is 1. The molecule has 1 rings (SSSR count). The van der Waals surface area contributed by atoms with Gasteiger partial charge in [0.05, 0.1) is 12.5 Å². The van der Waals surface area contributed by atoms with Crippen LogP contribution >= 0.6 is 0 Å². The topological polar surface area (TPSA) is 77.8 Å². The molecule has 0 saturated carbocycles. The van der Waals surface area contributed by atoms with Crippen LogP contribution in [0.25, 0.3) is 0 Å². The van der Waals surface area contributed by atoms with Gasteiger partial charge in [-0.15, -0.1) is 0 Å². The fourth-order valence-electron chi connectivity index (χ4n) is 1.40. The second-order valence-corrected chi connectivity index (χ2v) is 3.45. The number of aliphatic carboxylic acids is 1. The predicted octanol–water partition coefficient (Wildman–Crippen LogP) is 0.778. The number of hydrogen-bond acceptors (Lipinski definition) is 3. The zero-order chi connectivity index (χ0) is 12.0. The van der Waals surface area contributed by atoms with Gasteiger partial charge in [-0.05, 0) is 12.0 Å². The van der Waals surface area contributed by atoms with Crippen molar-refractivity contribution in [3.63, 3.8) is 0 Å². The van der Waals surface area contributed by atoms with E-state index in [2.05, 4.69) is 0 Å². The molecule has 1 aromatic rings. The normalized spacial score (nSPS) is 11.8. The summed E-state index contributed by atoms with van der Waals surface area (Å²) >= 11 is 0. The molecule has 16 heavy (non-hydrogen) atoms. The van der Waals surface area contributed by atoms with E-state index < -0.39 is 11.9 Å². The smallest absolute Gasteiger partial charge is 0.308 e. The molecule has 1 atom stereocenters. The van der Waals surface area contributed by atoms with Crippen molar-refractivity contribution in [1.82, 2.24) is 5.06 Å². The first-order valence-electron chi connectivity index (χ1n) is 4.81. The van der Waals surface area contributed by atoms with Crippen molar-refractivity contribution in [2.75, 3.05) is 6.54 Å². The monoisotopic (exact) mass is 223 g/mol. The van der Waals surface area contributed by atoms with Gasteiger partial charge >= 0.3 is 5.97 Å². The highest BCUT2D eigenvalue weighted by Crippen LogP contribution is 2.09. The molecule has 0 spiro atoms. The SMILES string of the molecule is O=CN(O)C[C@H](Cc1ccccc1)C(=O)O. The summed E-state index contributed by atoms with van der Waals surface area (Å²) in [5.74, 6) is -1.85. The zero-order valence-corrected chi connectivity index (χ0v) is 8.61. The van der Waals surface area contributed by atoms with Gasteiger partial charge in [0.25, 0.3) is 0 Å². The maximum absolute atomic E-state index is 10.9. The highest BCUT2D eigenvalue weighted by molar-refractivity contribution is 5.71. The first-order chi connectivity index (χ1) is 7.63. The molecule has 0 aliphatic carbocycles. The highest BCUT2D eigenvalue weighted by atomic mass is 16.5. The largest absolute Gasteiger partial charge is 0.481 e. The Hall–Kier alpha value is -1.88. The van der Waals surface area contributed by atoms with E-state index in [1.54, 1.807) is 12.1 Å². The Morgan fingerprint density at radius 1 is 1.38 bits per heavy atom. The number of benzene rings is 1. The fourth-order valence-corrected chi connectivity index (χ4v) is 1.40. The number of carboxylic acids is 1. The molecule has 0 bridgehead atoms. The molecule has 0 aliphatic heterocycles. The van der Waals surface area contributed by atoms with Gasteiger partial charge in [0.2, 0.25) is 6.41 Å². The van der Waals surface area contributed by atoms with E-state index in [0.29, 0.717) is 5.06 Å². The third kappa shape index (κ3) is 3.70. The molecule has 0 saturated heterocycles. The van der Waals surface area contributed by atoms with Crippen molar-refractivity contribution < 1.29 is 19.9 Å². The van der Waals surface area contributed by atoms with E-state index in [1.165, 1.54) is 0 Å². The van der Waals surface area contributed by atoms with Gasteiger partial charge in [0.1, 0.15) is 0 Å². The standard InChI is InChI=1S/C11H13NO4/c13-8-12(16)7-10(11(14)15)6-9-4-2-1-3-5-9/h1-5,8,10,16H,6-7H2,(H,14,15)/t10-/m0/s1. The summed E-state index contributed by atoms with van der Waals surface area (Å²) in [5.41, 5.74) is 0.856. The van der Waals surface area contributed by atoms with Crippen LogP contribution in [0.5, 0.6) is 0 Å². The van der Waals surface area contributed by atoms with E-state index in [0.717, 1.165) is 5.56 Å². The minimum atomic E-state index is -1.04. The molecule has 0 heterocycles. The van der Waals surface area contributed by atoms with Crippen LogP contribution < -0.4 is 0 Å². The summed E-state index contributed by atoms with van der Waals surface area (Å²) < 4.78 is 0. The first kappa shape index (κ1) is 12.2. The van der Waals surface area contributed by atoms with Gasteiger partial charge in [-0.1, -0.05) is 30.3 Å². The molecule has 0 aromatic heterocycles. The maximum atomic E-state index is 10.9. The van der Waals surface area contributed by atoms with Crippen LogP contribution in [0, 0.1) is 5.92 Å². The second-order valence-electron chi connectivity index (χ2n) is 3.45. The van der Waals surface area contributed by atoms with E-state index in [-0.39, 0.29) is 19.4 Å². The molecular weight excluding hydrogens is 210 g/mol. The minimum Gasteiger partial charge on any atom is -0.481 e. The van der Waals surface area contributed by atoms with Gasteiger partial charge in [-0.3, -0.25) is 14.8 Å². The average molecular weight is 223 g/mol. The number of hydroxylamine groups is 2. The van der Waals surface area contributed by atoms with Gasteiger partial charge in [0, 0.05) is 0 Å². The lowest BCUT2D eigenvalue weighted by Gasteiger charge is -2.15. The lowest BCUT2D eigenvalue weighted by molar-refractivity contribution is -0.158. The lowest BCUT2D eigenvalue weighted by Crippen LogP contribution is -2.31. The van der Waals surface area contributed by atoms with Gasteiger partial charge in [-0.25, -0.2) is 5.06 Å². The Kier molecular flexibility index (Phi) is 4.47. The summed E-state index contributed by atoms with van der Waals surface area (Å²) in [7, 11) is 0. The van der Waals surface area contributed by atoms with Crippen molar-refractivity contribution >= 4 is 12.4 Å². The van der Waals surface area contributed by atoms with Crippen molar-refractivity contribution in [3.05, 3.63) is 35.9 Å². The maximum Gasteiger partial charge on any atom is 0.308 e. The number of carbonyl (C=O) groups is 2. The molecule has 1 aromatic carbocycles. The number of carbonyl (C=O) groups excluding carboxylic acids is 1. The molecule has 5 nitrogen and oxygen atoms in total. The van der Waals surface area contributed by atoms with Gasteiger partial charge < -0.3 is 5.11 Å². The Balaban J connectivity index is 2.65. The van der Waals surface area contributed by atoms with Crippen LogP contribution in [-0.4, -0.2) is 34.3 Å². The van der Waals surface area contributed by atoms with Crippen LogP contribution in [0.4, 0.5) is 0 Å². The third-order valence-electron chi connectivity index (χ3n) is 2.20. The third-order valence-corrected chi connectivity index (χ3v) is 2.20. The van der Waals surface area contributed by atoms with E-state index in [4.69, 9.17) is 10.3 Å². The Morgan fingerprint density at radius 3 is 2.50 bits per heavy atom. The number of amides is 1. The van der Waals surface area contributed by atoms with Crippen molar-refractivity contribution in [2.45, 2.75) is 6.42 Å². The predicted molar refractivity (Wildman–Crippen MR) is 55.8 cm³/mol. The molecule has 5 heteroatoms. The van der Waals surface area contributed by atoms with Crippen molar-refractivity contribution in [3.8, 4) is 0 Å². The number of rotatable bonds is 6. The molecule has 0 fully saturated rings. The summed E-state index contributed by atoms with van der Waals surface area (Å²) in [6.45, 7) is -0.215. The minimum absolute atomic E-state index is 0.195. The Bertz CT molecular complexity index is 352. The summed E-state index contributed by atoms with van der Waals surface area (Å²) in [4.78, 5) is 21.1. The Labute approximate surface area is 92.9 Å². The van der Waals surface area contributed by atoms with Gasteiger partial charge in [0.15, 0.2) is 0 Å². The van der Waals surface area contributed by atoms with E-state index >= 15 is 0 Å². The lowest BCUT2D eigenvalue weighted by atomic mass is 9.99.